The normalized spacial score (nSPS) is 23.7. The Morgan fingerprint density at radius 3 is 2.67 bits per heavy atom. The molecule has 0 spiro atoms. The highest BCUT2D eigenvalue weighted by Crippen LogP contribution is 2.50. The number of aliphatic carboxylic acids is 1. The minimum atomic E-state index is -0.787. The second-order valence-corrected chi connectivity index (χ2v) is 3.95. The van der Waals surface area contributed by atoms with E-state index in [0.29, 0.717) is 0 Å². The van der Waals surface area contributed by atoms with E-state index < -0.39 is 5.97 Å². The number of hydrogen-bond donors (Lipinski definition) is 3. The first-order chi connectivity index (χ1) is 7.08. The second kappa shape index (κ2) is 3.46. The molecule has 4 heteroatoms. The first-order valence-electron chi connectivity index (χ1n) is 4.81. The molecule has 1 aliphatic rings. The van der Waals surface area contributed by atoms with Gasteiger partial charge >= 0.3 is 5.97 Å². The van der Waals surface area contributed by atoms with Crippen LogP contribution in [0.4, 0.5) is 0 Å². The summed E-state index contributed by atoms with van der Waals surface area (Å²) >= 11 is 0. The highest BCUT2D eigenvalue weighted by molar-refractivity contribution is 5.68. The van der Waals surface area contributed by atoms with Gasteiger partial charge in [0.1, 0.15) is 0 Å². The molecule has 0 heterocycles. The van der Waals surface area contributed by atoms with Crippen LogP contribution in [0.1, 0.15) is 24.3 Å². The zero-order valence-corrected chi connectivity index (χ0v) is 8.05. The lowest BCUT2D eigenvalue weighted by molar-refractivity contribution is -0.137. The van der Waals surface area contributed by atoms with Crippen molar-refractivity contribution < 1.29 is 20.1 Å². The van der Waals surface area contributed by atoms with Crippen LogP contribution in [0.25, 0.3) is 0 Å². The van der Waals surface area contributed by atoms with Gasteiger partial charge in [-0.1, -0.05) is 6.07 Å². The molecular weight excluding hydrogens is 196 g/mol. The molecule has 1 aliphatic carbocycles. The van der Waals surface area contributed by atoms with Gasteiger partial charge in [0.05, 0.1) is 0 Å². The van der Waals surface area contributed by atoms with Crippen LogP contribution in [0.3, 0.4) is 0 Å². The van der Waals surface area contributed by atoms with Crippen LogP contribution < -0.4 is 0 Å². The van der Waals surface area contributed by atoms with Crippen molar-refractivity contribution in [2.24, 2.45) is 5.92 Å². The number of carboxylic acid groups (broad SMARTS) is 1. The number of carbonyl (C=O) groups is 1. The number of phenolic OH excluding ortho intramolecular Hbond substituents is 2. The first kappa shape index (κ1) is 9.83. The molecule has 0 amide bonds. The summed E-state index contributed by atoms with van der Waals surface area (Å²) in [5.41, 5.74) is 0.900. The van der Waals surface area contributed by atoms with Crippen molar-refractivity contribution in [1.29, 1.82) is 0 Å². The summed E-state index contributed by atoms with van der Waals surface area (Å²) in [6.07, 6.45) is 1.02. The fourth-order valence-corrected chi connectivity index (χ4v) is 1.88. The molecule has 2 atom stereocenters. The number of hydrogen-bond acceptors (Lipinski definition) is 3. The lowest BCUT2D eigenvalue weighted by Crippen LogP contribution is -1.96. The summed E-state index contributed by atoms with van der Waals surface area (Å²) in [7, 11) is 0. The lowest BCUT2D eigenvalue weighted by atomic mass is 10.1. The van der Waals surface area contributed by atoms with Gasteiger partial charge < -0.3 is 15.3 Å². The van der Waals surface area contributed by atoms with Crippen LogP contribution in [-0.2, 0) is 4.79 Å². The van der Waals surface area contributed by atoms with Crippen molar-refractivity contribution in [1.82, 2.24) is 0 Å². The number of rotatable bonds is 3. The van der Waals surface area contributed by atoms with Gasteiger partial charge in [0, 0.05) is 6.42 Å². The van der Waals surface area contributed by atoms with Crippen LogP contribution in [0.5, 0.6) is 11.5 Å². The molecule has 1 fully saturated rings. The maximum atomic E-state index is 10.5. The van der Waals surface area contributed by atoms with Crippen molar-refractivity contribution in [3.05, 3.63) is 23.8 Å². The highest BCUT2D eigenvalue weighted by atomic mass is 16.4. The highest BCUT2D eigenvalue weighted by Gasteiger charge is 2.39. The van der Waals surface area contributed by atoms with E-state index in [1.165, 1.54) is 12.1 Å². The molecule has 1 aromatic rings. The van der Waals surface area contributed by atoms with E-state index >= 15 is 0 Å². The maximum absolute atomic E-state index is 10.5. The standard InChI is InChI=1S/C11H12O4/c12-9-2-1-6(4-10(9)13)8-3-7(8)5-11(14)15/h1-2,4,7-8,12-13H,3,5H2,(H,14,15). The molecule has 4 nitrogen and oxygen atoms in total. The van der Waals surface area contributed by atoms with Gasteiger partial charge in [-0.2, -0.15) is 0 Å². The van der Waals surface area contributed by atoms with Crippen LogP contribution in [-0.4, -0.2) is 21.3 Å². The Labute approximate surface area is 86.8 Å². The summed E-state index contributed by atoms with van der Waals surface area (Å²) in [4.78, 5) is 10.5. The molecule has 3 N–H and O–H groups in total. The molecule has 1 aromatic carbocycles. The molecule has 0 saturated heterocycles. The van der Waals surface area contributed by atoms with E-state index in [0.717, 1.165) is 12.0 Å². The fourth-order valence-electron chi connectivity index (χ4n) is 1.88. The van der Waals surface area contributed by atoms with E-state index in [2.05, 4.69) is 0 Å². The molecule has 0 bridgehead atoms. The minimum absolute atomic E-state index is 0.144. The summed E-state index contributed by atoms with van der Waals surface area (Å²) in [6, 6.07) is 4.66. The summed E-state index contributed by atoms with van der Waals surface area (Å²) in [5.74, 6) is -0.688. The Kier molecular flexibility index (Phi) is 2.26. The van der Waals surface area contributed by atoms with E-state index in [9.17, 15) is 9.90 Å². The van der Waals surface area contributed by atoms with Gasteiger partial charge in [-0.25, -0.2) is 0 Å². The Morgan fingerprint density at radius 2 is 2.07 bits per heavy atom. The topological polar surface area (TPSA) is 77.8 Å². The van der Waals surface area contributed by atoms with Gasteiger partial charge in [-0.3, -0.25) is 4.79 Å². The van der Waals surface area contributed by atoms with Gasteiger partial charge in [0.15, 0.2) is 11.5 Å². The third-order valence-corrected chi connectivity index (χ3v) is 2.79. The van der Waals surface area contributed by atoms with Crippen molar-refractivity contribution in [3.63, 3.8) is 0 Å². The largest absolute Gasteiger partial charge is 0.504 e. The number of carboxylic acids is 1. The van der Waals surface area contributed by atoms with Gasteiger partial charge in [-0.05, 0) is 36.0 Å². The molecule has 2 unspecified atom stereocenters. The van der Waals surface area contributed by atoms with Gasteiger partial charge in [-0.15, -0.1) is 0 Å². The molecule has 2 rings (SSSR count). The summed E-state index contributed by atoms with van der Waals surface area (Å²) in [6.45, 7) is 0. The van der Waals surface area contributed by atoms with Crippen LogP contribution in [0.15, 0.2) is 18.2 Å². The molecule has 0 aromatic heterocycles. The molecule has 80 valence electrons. The summed E-state index contributed by atoms with van der Waals surface area (Å²) in [5, 5.41) is 27.0. The third-order valence-electron chi connectivity index (χ3n) is 2.79. The second-order valence-electron chi connectivity index (χ2n) is 3.95. The third kappa shape index (κ3) is 2.03. The lowest BCUT2D eigenvalue weighted by Gasteiger charge is -2.02. The molecule has 1 saturated carbocycles. The van der Waals surface area contributed by atoms with Crippen molar-refractivity contribution in [3.8, 4) is 11.5 Å². The first-order valence-corrected chi connectivity index (χ1v) is 4.81. The average molecular weight is 208 g/mol. The quantitative estimate of drug-likeness (QED) is 0.660. The molecule has 15 heavy (non-hydrogen) atoms. The average Bonchev–Trinajstić information content (AvgIpc) is 2.88. The zero-order chi connectivity index (χ0) is 11.0. The SMILES string of the molecule is O=C(O)CC1CC1c1ccc(O)c(O)c1. The molecular formula is C11H12O4. The number of benzene rings is 1. The van der Waals surface area contributed by atoms with Crippen LogP contribution in [0, 0.1) is 5.92 Å². The van der Waals surface area contributed by atoms with E-state index in [1.807, 2.05) is 0 Å². The predicted molar refractivity (Wildman–Crippen MR) is 52.9 cm³/mol. The zero-order valence-electron chi connectivity index (χ0n) is 8.05. The maximum Gasteiger partial charge on any atom is 0.303 e. The van der Waals surface area contributed by atoms with E-state index in [4.69, 9.17) is 10.2 Å². The number of aromatic hydroxyl groups is 2. The summed E-state index contributed by atoms with van der Waals surface area (Å²) < 4.78 is 0. The van der Waals surface area contributed by atoms with Gasteiger partial charge in [0.2, 0.25) is 0 Å². The van der Waals surface area contributed by atoms with Crippen molar-refractivity contribution in [2.75, 3.05) is 0 Å². The van der Waals surface area contributed by atoms with Gasteiger partial charge in [0.25, 0.3) is 0 Å². The Balaban J connectivity index is 2.07. The molecule has 0 aliphatic heterocycles. The van der Waals surface area contributed by atoms with Crippen molar-refractivity contribution >= 4 is 5.97 Å². The molecule has 0 radical (unpaired) electrons. The smallest absolute Gasteiger partial charge is 0.303 e. The Hall–Kier alpha value is -1.71. The number of phenols is 2. The Bertz CT molecular complexity index is 400. The minimum Gasteiger partial charge on any atom is -0.504 e. The van der Waals surface area contributed by atoms with E-state index in [-0.39, 0.29) is 29.8 Å². The van der Waals surface area contributed by atoms with Crippen LogP contribution >= 0.6 is 0 Å². The van der Waals surface area contributed by atoms with Crippen molar-refractivity contribution in [2.45, 2.75) is 18.8 Å². The Morgan fingerprint density at radius 1 is 1.33 bits per heavy atom. The monoisotopic (exact) mass is 208 g/mol. The van der Waals surface area contributed by atoms with Crippen LogP contribution in [0.2, 0.25) is 0 Å². The predicted octanol–water partition coefficient (Wildman–Crippen LogP) is 1.68. The fraction of sp³-hybridized carbons (Fsp3) is 0.364. The van der Waals surface area contributed by atoms with E-state index in [1.54, 1.807) is 6.07 Å².